The van der Waals surface area contributed by atoms with Gasteiger partial charge in [0.1, 0.15) is 11.3 Å². The Morgan fingerprint density at radius 2 is 1.89 bits per heavy atom. The van der Waals surface area contributed by atoms with Crippen LogP contribution in [0.2, 0.25) is 5.02 Å². The fourth-order valence-corrected chi connectivity index (χ4v) is 2.96. The first kappa shape index (κ1) is 19.8. The Bertz CT molecular complexity index is 1040. The number of benzene rings is 2. The summed E-state index contributed by atoms with van der Waals surface area (Å²) < 4.78 is 15.8. The number of rotatable bonds is 6. The number of amides is 1. The second-order valence-electron chi connectivity index (χ2n) is 6.42. The summed E-state index contributed by atoms with van der Waals surface area (Å²) in [5.41, 5.74) is 4.07. The van der Waals surface area contributed by atoms with Gasteiger partial charge < -0.3 is 19.2 Å². The number of carbonyl (C=O) groups is 2. The van der Waals surface area contributed by atoms with Gasteiger partial charge in [-0.05, 0) is 55.3 Å². The quantitative estimate of drug-likeness (QED) is 0.618. The summed E-state index contributed by atoms with van der Waals surface area (Å²) in [6, 6.07) is 8.76. The molecule has 0 aliphatic rings. The van der Waals surface area contributed by atoms with E-state index in [-0.39, 0.29) is 6.42 Å². The number of aryl methyl sites for hydroxylation is 2. The van der Waals surface area contributed by atoms with Crippen LogP contribution in [0.25, 0.3) is 11.0 Å². The highest BCUT2D eigenvalue weighted by atomic mass is 35.5. The lowest BCUT2D eigenvalue weighted by Crippen LogP contribution is -2.21. The molecule has 0 aliphatic heterocycles. The summed E-state index contributed by atoms with van der Waals surface area (Å²) in [5, 5.41) is 3.93. The van der Waals surface area contributed by atoms with Gasteiger partial charge in [0.25, 0.3) is 5.91 Å². The Morgan fingerprint density at radius 1 is 1.14 bits per heavy atom. The fourth-order valence-electron chi connectivity index (χ4n) is 2.79. The Labute approximate surface area is 167 Å². The van der Waals surface area contributed by atoms with Gasteiger partial charge in [0.15, 0.2) is 6.61 Å². The molecule has 1 aromatic heterocycles. The predicted octanol–water partition coefficient (Wildman–Crippen LogP) is 4.44. The van der Waals surface area contributed by atoms with Gasteiger partial charge in [-0.15, -0.1) is 0 Å². The van der Waals surface area contributed by atoms with Crippen molar-refractivity contribution in [3.63, 3.8) is 0 Å². The number of carbonyl (C=O) groups excluding carboxylic acids is 2. The molecule has 28 heavy (non-hydrogen) atoms. The average molecular weight is 402 g/mol. The molecule has 7 heteroatoms. The van der Waals surface area contributed by atoms with Crippen molar-refractivity contribution in [2.75, 3.05) is 19.0 Å². The molecule has 0 bridgehead atoms. The minimum absolute atomic E-state index is 0.0171. The number of halogens is 1. The molecular formula is C21H20ClNO5. The lowest BCUT2D eigenvalue weighted by molar-refractivity contribution is -0.146. The van der Waals surface area contributed by atoms with Crippen molar-refractivity contribution in [1.82, 2.24) is 0 Å². The Hall–Kier alpha value is -2.99. The highest BCUT2D eigenvalue weighted by Crippen LogP contribution is 2.28. The van der Waals surface area contributed by atoms with Crippen LogP contribution >= 0.6 is 11.6 Å². The van der Waals surface area contributed by atoms with Gasteiger partial charge in [-0.3, -0.25) is 9.59 Å². The van der Waals surface area contributed by atoms with Crippen LogP contribution in [0.5, 0.6) is 5.75 Å². The number of methoxy groups -OCH3 is 1. The molecule has 146 valence electrons. The maximum absolute atomic E-state index is 12.2. The summed E-state index contributed by atoms with van der Waals surface area (Å²) >= 11 is 5.93. The molecule has 1 amide bonds. The highest BCUT2D eigenvalue weighted by Gasteiger charge is 2.15. The summed E-state index contributed by atoms with van der Waals surface area (Å²) in [7, 11) is 1.48. The van der Waals surface area contributed by atoms with E-state index in [0.29, 0.717) is 16.5 Å². The lowest BCUT2D eigenvalue weighted by Gasteiger charge is -2.10. The lowest BCUT2D eigenvalue weighted by atomic mass is 10.0. The molecule has 0 atom stereocenters. The average Bonchev–Trinajstić information content (AvgIpc) is 3.02. The molecule has 0 radical (unpaired) electrons. The first-order chi connectivity index (χ1) is 13.4. The number of ether oxygens (including phenoxy) is 2. The smallest absolute Gasteiger partial charge is 0.310 e. The molecule has 0 aliphatic carbocycles. The van der Waals surface area contributed by atoms with Crippen LogP contribution in [-0.2, 0) is 20.7 Å². The van der Waals surface area contributed by atoms with E-state index in [9.17, 15) is 9.59 Å². The van der Waals surface area contributed by atoms with E-state index in [1.54, 1.807) is 24.5 Å². The van der Waals surface area contributed by atoms with Crippen LogP contribution in [0.4, 0.5) is 5.69 Å². The van der Waals surface area contributed by atoms with E-state index in [2.05, 4.69) is 5.32 Å². The van der Waals surface area contributed by atoms with Gasteiger partial charge in [0.2, 0.25) is 0 Å². The number of anilines is 1. The standard InChI is InChI=1S/C21H20ClNO5/c1-12-6-16-14(10-27-19(16)7-13(12)2)8-21(25)28-11-20(24)23-17-9-15(22)4-5-18(17)26-3/h4-7,9-10H,8,11H2,1-3H3,(H,23,24). The number of hydrogen-bond donors (Lipinski definition) is 1. The summed E-state index contributed by atoms with van der Waals surface area (Å²) in [4.78, 5) is 24.2. The summed E-state index contributed by atoms with van der Waals surface area (Å²) in [6.07, 6.45) is 1.56. The third kappa shape index (κ3) is 4.46. The first-order valence-electron chi connectivity index (χ1n) is 8.63. The van der Waals surface area contributed by atoms with Gasteiger partial charge >= 0.3 is 5.97 Å². The second-order valence-corrected chi connectivity index (χ2v) is 6.86. The Balaban J connectivity index is 1.60. The van der Waals surface area contributed by atoms with Gasteiger partial charge in [-0.1, -0.05) is 11.6 Å². The highest BCUT2D eigenvalue weighted by molar-refractivity contribution is 6.31. The van der Waals surface area contributed by atoms with Crippen molar-refractivity contribution in [1.29, 1.82) is 0 Å². The SMILES string of the molecule is COc1ccc(Cl)cc1NC(=O)COC(=O)Cc1coc2cc(C)c(C)cc12. The van der Waals surface area contributed by atoms with E-state index in [1.165, 1.54) is 7.11 Å². The van der Waals surface area contributed by atoms with Crippen LogP contribution in [0, 0.1) is 13.8 Å². The molecule has 3 rings (SSSR count). The third-order valence-electron chi connectivity index (χ3n) is 4.40. The molecule has 2 aromatic carbocycles. The van der Waals surface area contributed by atoms with E-state index < -0.39 is 18.5 Å². The van der Waals surface area contributed by atoms with Crippen molar-refractivity contribution in [3.8, 4) is 5.75 Å². The Morgan fingerprint density at radius 3 is 2.64 bits per heavy atom. The zero-order valence-corrected chi connectivity index (χ0v) is 16.6. The topological polar surface area (TPSA) is 77.8 Å². The molecule has 3 aromatic rings. The minimum Gasteiger partial charge on any atom is -0.495 e. The number of fused-ring (bicyclic) bond motifs is 1. The van der Waals surface area contributed by atoms with Gasteiger partial charge in [-0.25, -0.2) is 0 Å². The molecule has 1 N–H and O–H groups in total. The van der Waals surface area contributed by atoms with Gasteiger partial charge in [0, 0.05) is 16.0 Å². The van der Waals surface area contributed by atoms with Crippen LogP contribution in [0.3, 0.4) is 0 Å². The first-order valence-corrected chi connectivity index (χ1v) is 9.01. The van der Waals surface area contributed by atoms with Gasteiger partial charge in [0.05, 0.1) is 25.5 Å². The number of hydrogen-bond acceptors (Lipinski definition) is 5. The molecule has 1 heterocycles. The fraction of sp³-hybridized carbons (Fsp3) is 0.238. The molecule has 6 nitrogen and oxygen atoms in total. The third-order valence-corrected chi connectivity index (χ3v) is 4.64. The zero-order valence-electron chi connectivity index (χ0n) is 15.8. The van der Waals surface area contributed by atoms with Crippen LogP contribution in [0.15, 0.2) is 41.0 Å². The monoisotopic (exact) mass is 401 g/mol. The van der Waals surface area contributed by atoms with Crippen LogP contribution < -0.4 is 10.1 Å². The number of furan rings is 1. The largest absolute Gasteiger partial charge is 0.495 e. The van der Waals surface area contributed by atoms with Crippen LogP contribution in [-0.4, -0.2) is 25.6 Å². The van der Waals surface area contributed by atoms with E-state index in [0.717, 1.165) is 27.7 Å². The van der Waals surface area contributed by atoms with E-state index in [1.807, 2.05) is 26.0 Å². The van der Waals surface area contributed by atoms with Crippen molar-refractivity contribution in [2.24, 2.45) is 0 Å². The maximum atomic E-state index is 12.2. The molecule has 0 unspecified atom stereocenters. The molecule has 0 fully saturated rings. The van der Waals surface area contributed by atoms with E-state index in [4.69, 9.17) is 25.5 Å². The Kier molecular flexibility index (Phi) is 5.90. The normalized spacial score (nSPS) is 10.7. The molecule has 0 saturated heterocycles. The number of esters is 1. The van der Waals surface area contributed by atoms with E-state index >= 15 is 0 Å². The molecular weight excluding hydrogens is 382 g/mol. The number of nitrogens with one attached hydrogen (secondary N) is 1. The minimum atomic E-state index is -0.519. The predicted molar refractivity (Wildman–Crippen MR) is 107 cm³/mol. The maximum Gasteiger partial charge on any atom is 0.310 e. The molecule has 0 spiro atoms. The molecule has 0 saturated carbocycles. The van der Waals surface area contributed by atoms with Crippen molar-refractivity contribution < 1.29 is 23.5 Å². The summed E-state index contributed by atoms with van der Waals surface area (Å²) in [6.45, 7) is 3.58. The van der Waals surface area contributed by atoms with Crippen molar-refractivity contribution >= 4 is 40.1 Å². The zero-order chi connectivity index (χ0) is 20.3. The summed E-state index contributed by atoms with van der Waals surface area (Å²) in [5.74, 6) is -0.550. The van der Waals surface area contributed by atoms with Crippen molar-refractivity contribution in [3.05, 3.63) is 58.3 Å². The second kappa shape index (κ2) is 8.35. The van der Waals surface area contributed by atoms with Crippen molar-refractivity contribution in [2.45, 2.75) is 20.3 Å². The van der Waals surface area contributed by atoms with Crippen LogP contribution in [0.1, 0.15) is 16.7 Å². The van der Waals surface area contributed by atoms with Gasteiger partial charge in [-0.2, -0.15) is 0 Å².